The first-order chi connectivity index (χ1) is 14.3. The van der Waals surface area contributed by atoms with Crippen LogP contribution in [0, 0.1) is 5.82 Å². The van der Waals surface area contributed by atoms with E-state index >= 15 is 0 Å². The molecule has 3 N–H and O–H groups in total. The van der Waals surface area contributed by atoms with E-state index in [0.29, 0.717) is 27.5 Å². The number of carbonyl (C=O) groups is 2. The molecule has 3 aromatic carbocycles. The van der Waals surface area contributed by atoms with Crippen molar-refractivity contribution in [1.29, 1.82) is 0 Å². The highest BCUT2D eigenvalue weighted by Gasteiger charge is 2.11. The van der Waals surface area contributed by atoms with Crippen LogP contribution >= 0.6 is 35.4 Å². The number of anilines is 2. The first kappa shape index (κ1) is 21.7. The topological polar surface area (TPSA) is 70.2 Å². The van der Waals surface area contributed by atoms with E-state index in [0.717, 1.165) is 6.07 Å². The number of thiocarbonyl (C=S) groups is 1. The summed E-state index contributed by atoms with van der Waals surface area (Å²) in [5, 5.41) is 8.53. The Morgan fingerprint density at radius 1 is 0.800 bits per heavy atom. The summed E-state index contributed by atoms with van der Waals surface area (Å²) in [6.45, 7) is 0. The minimum atomic E-state index is -0.574. The van der Waals surface area contributed by atoms with Gasteiger partial charge < -0.3 is 10.6 Å². The first-order valence-corrected chi connectivity index (χ1v) is 9.72. The Labute approximate surface area is 187 Å². The number of benzene rings is 3. The predicted octanol–water partition coefficient (Wildman–Crippen LogP) is 5.51. The van der Waals surface area contributed by atoms with Crippen LogP contribution < -0.4 is 16.0 Å². The van der Waals surface area contributed by atoms with E-state index < -0.39 is 17.6 Å². The lowest BCUT2D eigenvalue weighted by molar-refractivity contribution is 0.0976. The SMILES string of the molecule is O=C(NC(=S)Nc1cccc(C(=O)Nc2ccc(F)c(Cl)c2)c1)c1ccc(Cl)cc1. The smallest absolute Gasteiger partial charge is 0.257 e. The second-order valence-corrected chi connectivity index (χ2v) is 7.33. The molecule has 3 aromatic rings. The summed E-state index contributed by atoms with van der Waals surface area (Å²) < 4.78 is 13.2. The molecule has 0 aliphatic carbocycles. The van der Waals surface area contributed by atoms with Crippen molar-refractivity contribution < 1.29 is 14.0 Å². The highest BCUT2D eigenvalue weighted by atomic mass is 35.5. The predicted molar refractivity (Wildman–Crippen MR) is 121 cm³/mol. The number of halogens is 3. The maximum absolute atomic E-state index is 13.2. The van der Waals surface area contributed by atoms with Gasteiger partial charge in [-0.25, -0.2) is 4.39 Å². The standard InChI is InChI=1S/C21H14Cl2FN3O2S/c22-14-6-4-12(5-7-14)19(28)27-21(30)26-15-3-1-2-13(10-15)20(29)25-16-8-9-18(24)17(23)11-16/h1-11H,(H,25,29)(H2,26,27,28,30). The first-order valence-electron chi connectivity index (χ1n) is 8.56. The van der Waals surface area contributed by atoms with Crippen LogP contribution in [0.15, 0.2) is 66.7 Å². The Bertz CT molecular complexity index is 1120. The van der Waals surface area contributed by atoms with Gasteiger partial charge in [-0.3, -0.25) is 14.9 Å². The summed E-state index contributed by atoms with van der Waals surface area (Å²) in [5.74, 6) is -1.39. The van der Waals surface area contributed by atoms with E-state index in [4.69, 9.17) is 35.4 Å². The molecule has 0 radical (unpaired) electrons. The van der Waals surface area contributed by atoms with Crippen molar-refractivity contribution in [1.82, 2.24) is 5.32 Å². The van der Waals surface area contributed by atoms with Crippen molar-refractivity contribution in [3.8, 4) is 0 Å². The van der Waals surface area contributed by atoms with Crippen molar-refractivity contribution in [2.75, 3.05) is 10.6 Å². The van der Waals surface area contributed by atoms with Crippen molar-refractivity contribution in [3.63, 3.8) is 0 Å². The lowest BCUT2D eigenvalue weighted by Crippen LogP contribution is -2.34. The molecule has 30 heavy (non-hydrogen) atoms. The Balaban J connectivity index is 1.63. The molecule has 2 amide bonds. The fraction of sp³-hybridized carbons (Fsp3) is 0. The normalized spacial score (nSPS) is 10.2. The molecular formula is C21H14Cl2FN3O2S. The van der Waals surface area contributed by atoms with Crippen LogP contribution in [0.5, 0.6) is 0 Å². The number of hydrogen-bond acceptors (Lipinski definition) is 3. The van der Waals surface area contributed by atoms with Crippen LogP contribution in [-0.4, -0.2) is 16.9 Å². The summed E-state index contributed by atoms with van der Waals surface area (Å²) in [5.41, 5.74) is 1.58. The second-order valence-electron chi connectivity index (χ2n) is 6.08. The van der Waals surface area contributed by atoms with Gasteiger partial charge in [-0.15, -0.1) is 0 Å². The quantitative estimate of drug-likeness (QED) is 0.447. The zero-order chi connectivity index (χ0) is 21.7. The molecule has 9 heteroatoms. The Morgan fingerprint density at radius 3 is 2.20 bits per heavy atom. The molecule has 0 heterocycles. The van der Waals surface area contributed by atoms with Gasteiger partial charge in [0.05, 0.1) is 5.02 Å². The molecule has 0 atom stereocenters. The van der Waals surface area contributed by atoms with E-state index in [9.17, 15) is 14.0 Å². The van der Waals surface area contributed by atoms with Crippen LogP contribution in [0.1, 0.15) is 20.7 Å². The third-order valence-corrected chi connectivity index (χ3v) is 4.64. The third kappa shape index (κ3) is 5.76. The van der Waals surface area contributed by atoms with Gasteiger partial charge >= 0.3 is 0 Å². The number of rotatable bonds is 4. The maximum Gasteiger partial charge on any atom is 0.257 e. The van der Waals surface area contributed by atoms with Gasteiger partial charge in [0.15, 0.2) is 5.11 Å². The van der Waals surface area contributed by atoms with Gasteiger partial charge in [-0.1, -0.05) is 29.3 Å². The van der Waals surface area contributed by atoms with E-state index in [1.165, 1.54) is 12.1 Å². The number of hydrogen-bond donors (Lipinski definition) is 3. The van der Waals surface area contributed by atoms with E-state index in [1.807, 2.05) is 0 Å². The zero-order valence-electron chi connectivity index (χ0n) is 15.2. The molecule has 0 bridgehead atoms. The van der Waals surface area contributed by atoms with Crippen molar-refractivity contribution in [2.45, 2.75) is 0 Å². The average molecular weight is 462 g/mol. The molecule has 0 saturated carbocycles. The lowest BCUT2D eigenvalue weighted by atomic mass is 10.2. The molecule has 0 aromatic heterocycles. The van der Waals surface area contributed by atoms with Gasteiger partial charge in [-0.2, -0.15) is 0 Å². The Hall–Kier alpha value is -3.00. The summed E-state index contributed by atoms with van der Waals surface area (Å²) in [6, 6.07) is 16.7. The summed E-state index contributed by atoms with van der Waals surface area (Å²) in [4.78, 5) is 24.7. The molecule has 152 valence electrons. The molecule has 0 spiro atoms. The van der Waals surface area contributed by atoms with Crippen LogP contribution in [0.2, 0.25) is 10.0 Å². The van der Waals surface area contributed by atoms with Gasteiger partial charge in [0.25, 0.3) is 11.8 Å². The second kappa shape index (κ2) is 9.67. The summed E-state index contributed by atoms with van der Waals surface area (Å²) >= 11 is 16.7. The minimum absolute atomic E-state index is 0.0674. The Kier molecular flexibility index (Phi) is 6.99. The monoisotopic (exact) mass is 461 g/mol. The van der Waals surface area contributed by atoms with Gasteiger partial charge in [-0.05, 0) is 72.9 Å². The van der Waals surface area contributed by atoms with Gasteiger partial charge in [0.1, 0.15) is 5.82 Å². The molecule has 0 fully saturated rings. The van der Waals surface area contributed by atoms with Crippen molar-refractivity contribution in [3.05, 3.63) is 93.7 Å². The molecule has 0 aliphatic heterocycles. The molecular weight excluding hydrogens is 448 g/mol. The summed E-state index contributed by atoms with van der Waals surface area (Å²) in [6.07, 6.45) is 0. The van der Waals surface area contributed by atoms with Crippen molar-refractivity contribution >= 4 is 63.7 Å². The summed E-state index contributed by atoms with van der Waals surface area (Å²) in [7, 11) is 0. The highest BCUT2D eigenvalue weighted by Crippen LogP contribution is 2.20. The van der Waals surface area contributed by atoms with E-state index in [1.54, 1.807) is 48.5 Å². The minimum Gasteiger partial charge on any atom is -0.332 e. The Morgan fingerprint density at radius 2 is 1.50 bits per heavy atom. The van der Waals surface area contributed by atoms with Crippen molar-refractivity contribution in [2.24, 2.45) is 0 Å². The largest absolute Gasteiger partial charge is 0.332 e. The molecule has 3 rings (SSSR count). The number of carbonyl (C=O) groups excluding carboxylic acids is 2. The molecule has 0 unspecified atom stereocenters. The molecule has 0 saturated heterocycles. The zero-order valence-corrected chi connectivity index (χ0v) is 17.5. The fourth-order valence-electron chi connectivity index (χ4n) is 2.45. The van der Waals surface area contributed by atoms with Gasteiger partial charge in [0.2, 0.25) is 0 Å². The highest BCUT2D eigenvalue weighted by molar-refractivity contribution is 7.80. The number of amides is 2. The van der Waals surface area contributed by atoms with Gasteiger partial charge in [0, 0.05) is 27.5 Å². The average Bonchev–Trinajstić information content (AvgIpc) is 2.71. The van der Waals surface area contributed by atoms with Crippen LogP contribution in [-0.2, 0) is 0 Å². The molecule has 5 nitrogen and oxygen atoms in total. The lowest BCUT2D eigenvalue weighted by Gasteiger charge is -2.11. The maximum atomic E-state index is 13.2. The fourth-order valence-corrected chi connectivity index (χ4v) is 2.97. The van der Waals surface area contributed by atoms with Crippen LogP contribution in [0.4, 0.5) is 15.8 Å². The third-order valence-electron chi connectivity index (χ3n) is 3.89. The molecule has 0 aliphatic rings. The van der Waals surface area contributed by atoms with Crippen LogP contribution in [0.3, 0.4) is 0 Å². The van der Waals surface area contributed by atoms with E-state index in [2.05, 4.69) is 16.0 Å². The van der Waals surface area contributed by atoms with E-state index in [-0.39, 0.29) is 10.1 Å². The number of nitrogens with one attached hydrogen (secondary N) is 3. The van der Waals surface area contributed by atoms with Crippen LogP contribution in [0.25, 0.3) is 0 Å².